The molecule has 0 aliphatic carbocycles. The molecular weight excluding hydrogens is 264 g/mol. The van der Waals surface area contributed by atoms with Crippen molar-refractivity contribution in [1.82, 2.24) is 0 Å². The van der Waals surface area contributed by atoms with Crippen molar-refractivity contribution in [2.75, 3.05) is 21.3 Å². The summed E-state index contributed by atoms with van der Waals surface area (Å²) in [5.74, 6) is -0.422. The second kappa shape index (κ2) is 6.29. The van der Waals surface area contributed by atoms with Crippen LogP contribution in [0.5, 0.6) is 0 Å². The van der Waals surface area contributed by atoms with Gasteiger partial charge in [0.1, 0.15) is 0 Å². The van der Waals surface area contributed by atoms with Gasteiger partial charge in [-0.05, 0) is 12.5 Å². The fourth-order valence-electron chi connectivity index (χ4n) is 2.18. The second-order valence-electron chi connectivity index (χ2n) is 4.16. The average molecular weight is 284 g/mol. The van der Waals surface area contributed by atoms with Crippen molar-refractivity contribution in [3.63, 3.8) is 0 Å². The van der Waals surface area contributed by atoms with Gasteiger partial charge in [0.15, 0.2) is 0 Å². The molecule has 0 spiro atoms. The molecule has 106 valence electrons. The Kier molecular flexibility index (Phi) is 5.25. The third-order valence-corrected chi connectivity index (χ3v) is 6.23. The summed E-state index contributed by atoms with van der Waals surface area (Å²) < 4.78 is 21.9. The summed E-state index contributed by atoms with van der Waals surface area (Å²) in [5.41, 5.74) is 0.766. The largest absolute Gasteiger partial charge is 0.551 e. The van der Waals surface area contributed by atoms with Crippen LogP contribution in [-0.2, 0) is 28.0 Å². The lowest BCUT2D eigenvalue weighted by atomic mass is 10.1. The minimum atomic E-state index is -3.22. The third-order valence-electron chi connectivity index (χ3n) is 3.06. The highest BCUT2D eigenvalue weighted by molar-refractivity contribution is 6.63. The lowest BCUT2D eigenvalue weighted by Crippen LogP contribution is -2.62. The second-order valence-corrected chi connectivity index (χ2v) is 7.45. The van der Waals surface area contributed by atoms with Crippen LogP contribution in [0.3, 0.4) is 0 Å². The fraction of sp³-hybridized carbons (Fsp3) is 0.462. The molecule has 0 saturated carbocycles. The van der Waals surface area contributed by atoms with Gasteiger partial charge in [-0.2, -0.15) is 0 Å². The van der Waals surface area contributed by atoms with Crippen molar-refractivity contribution in [3.05, 3.63) is 35.9 Å². The number of hydrogen-bond acceptors (Lipinski definition) is 5. The summed E-state index contributed by atoms with van der Waals surface area (Å²) in [6.45, 7) is 3.09. The Morgan fingerprint density at radius 3 is 1.89 bits per heavy atom. The highest BCUT2D eigenvalue weighted by Gasteiger charge is 2.61. The standard InChI is InChI=1S/C13H20O5Si/c1-11(14)18-13(2,12-9-7-6-8-10-12)19(15-3,16-4)17-5/h6-10H,1-5H3. The van der Waals surface area contributed by atoms with E-state index in [1.54, 1.807) is 6.92 Å². The minimum Gasteiger partial charge on any atom is -0.450 e. The van der Waals surface area contributed by atoms with Crippen LogP contribution in [-0.4, -0.2) is 36.1 Å². The molecule has 0 amide bonds. The van der Waals surface area contributed by atoms with Crippen molar-refractivity contribution in [3.8, 4) is 0 Å². The molecule has 1 aromatic rings. The van der Waals surface area contributed by atoms with Crippen molar-refractivity contribution >= 4 is 14.8 Å². The van der Waals surface area contributed by atoms with Crippen LogP contribution >= 0.6 is 0 Å². The first-order valence-electron chi connectivity index (χ1n) is 5.86. The van der Waals surface area contributed by atoms with Gasteiger partial charge >= 0.3 is 14.8 Å². The zero-order valence-corrected chi connectivity index (χ0v) is 12.9. The van der Waals surface area contributed by atoms with E-state index in [4.69, 9.17) is 18.0 Å². The van der Waals surface area contributed by atoms with Gasteiger partial charge in [0, 0.05) is 28.3 Å². The number of carbonyl (C=O) groups is 1. The van der Waals surface area contributed by atoms with Gasteiger partial charge in [-0.3, -0.25) is 4.79 Å². The molecule has 0 saturated heterocycles. The van der Waals surface area contributed by atoms with Crippen molar-refractivity contribution in [2.24, 2.45) is 0 Å². The first-order chi connectivity index (χ1) is 8.95. The highest BCUT2D eigenvalue weighted by Crippen LogP contribution is 2.36. The molecule has 0 aliphatic rings. The molecule has 0 fully saturated rings. The van der Waals surface area contributed by atoms with Crippen LogP contribution in [0.2, 0.25) is 0 Å². The van der Waals surface area contributed by atoms with E-state index < -0.39 is 20.0 Å². The molecule has 0 aliphatic heterocycles. The zero-order chi connectivity index (χ0) is 14.5. The zero-order valence-electron chi connectivity index (χ0n) is 11.9. The van der Waals surface area contributed by atoms with Crippen LogP contribution in [0.1, 0.15) is 19.4 Å². The Morgan fingerprint density at radius 2 is 1.53 bits per heavy atom. The quantitative estimate of drug-likeness (QED) is 0.590. The van der Waals surface area contributed by atoms with Gasteiger partial charge in [0.2, 0.25) is 5.22 Å². The van der Waals surface area contributed by atoms with E-state index in [0.29, 0.717) is 0 Å². The summed E-state index contributed by atoms with van der Waals surface area (Å²) >= 11 is 0. The van der Waals surface area contributed by atoms with Gasteiger partial charge in [0.05, 0.1) is 0 Å². The van der Waals surface area contributed by atoms with E-state index in [9.17, 15) is 4.79 Å². The molecule has 0 heterocycles. The first kappa shape index (κ1) is 15.8. The van der Waals surface area contributed by atoms with Gasteiger partial charge < -0.3 is 18.0 Å². The van der Waals surface area contributed by atoms with Gasteiger partial charge in [-0.25, -0.2) is 0 Å². The van der Waals surface area contributed by atoms with Crippen molar-refractivity contribution in [2.45, 2.75) is 19.1 Å². The molecule has 1 atom stereocenters. The number of hydrogen-bond donors (Lipinski definition) is 0. The maximum absolute atomic E-state index is 11.5. The molecule has 1 aromatic carbocycles. The molecule has 0 aromatic heterocycles. The van der Waals surface area contributed by atoms with Crippen LogP contribution in [0.25, 0.3) is 0 Å². The smallest absolute Gasteiger partial charge is 0.450 e. The molecule has 0 radical (unpaired) electrons. The number of ether oxygens (including phenoxy) is 1. The van der Waals surface area contributed by atoms with Gasteiger partial charge in [0.25, 0.3) is 0 Å². The normalized spacial score (nSPS) is 14.8. The maximum atomic E-state index is 11.5. The molecule has 1 rings (SSSR count). The maximum Gasteiger partial charge on any atom is 0.551 e. The highest BCUT2D eigenvalue weighted by atomic mass is 28.4. The molecule has 0 bridgehead atoms. The Balaban J connectivity index is 3.38. The first-order valence-corrected chi connectivity index (χ1v) is 7.58. The Morgan fingerprint density at radius 1 is 1.05 bits per heavy atom. The van der Waals surface area contributed by atoms with Crippen LogP contribution in [0.15, 0.2) is 30.3 Å². The number of carbonyl (C=O) groups excluding carboxylic acids is 1. The average Bonchev–Trinajstić information content (AvgIpc) is 2.41. The van der Waals surface area contributed by atoms with E-state index in [1.807, 2.05) is 30.3 Å². The van der Waals surface area contributed by atoms with Gasteiger partial charge in [-0.15, -0.1) is 0 Å². The van der Waals surface area contributed by atoms with E-state index in [2.05, 4.69) is 0 Å². The fourth-order valence-corrected chi connectivity index (χ4v) is 4.63. The molecule has 6 heteroatoms. The summed E-state index contributed by atoms with van der Waals surface area (Å²) in [4.78, 5) is 11.5. The Hall–Kier alpha value is -1.21. The molecular formula is C13H20O5Si. The molecule has 0 N–H and O–H groups in total. The third kappa shape index (κ3) is 2.87. The predicted molar refractivity (Wildman–Crippen MR) is 72.3 cm³/mol. The molecule has 5 nitrogen and oxygen atoms in total. The predicted octanol–water partition coefficient (Wildman–Crippen LogP) is 1.88. The summed E-state index contributed by atoms with van der Waals surface area (Å²) in [6.07, 6.45) is 0. The SMILES string of the molecule is CO[Si](OC)(OC)C(C)(OC(C)=O)c1ccccc1. The van der Waals surface area contributed by atoms with Crippen LogP contribution in [0.4, 0.5) is 0 Å². The molecule has 19 heavy (non-hydrogen) atoms. The minimum absolute atomic E-state index is 0.422. The van der Waals surface area contributed by atoms with Gasteiger partial charge in [-0.1, -0.05) is 30.3 Å². The van der Waals surface area contributed by atoms with E-state index in [1.165, 1.54) is 28.3 Å². The Bertz CT molecular complexity index is 410. The van der Waals surface area contributed by atoms with Crippen molar-refractivity contribution < 1.29 is 22.8 Å². The van der Waals surface area contributed by atoms with E-state index >= 15 is 0 Å². The lowest BCUT2D eigenvalue weighted by Gasteiger charge is -2.40. The number of benzene rings is 1. The molecule has 1 unspecified atom stereocenters. The van der Waals surface area contributed by atoms with Crippen LogP contribution < -0.4 is 0 Å². The monoisotopic (exact) mass is 284 g/mol. The summed E-state index contributed by atoms with van der Waals surface area (Å²) in [5, 5.41) is -1.10. The lowest BCUT2D eigenvalue weighted by molar-refractivity contribution is -0.155. The Labute approximate surface area is 114 Å². The van der Waals surface area contributed by atoms with Crippen molar-refractivity contribution in [1.29, 1.82) is 0 Å². The summed E-state index contributed by atoms with van der Waals surface area (Å²) in [6, 6.07) is 9.30. The van der Waals surface area contributed by atoms with E-state index in [0.717, 1.165) is 5.56 Å². The van der Waals surface area contributed by atoms with E-state index in [-0.39, 0.29) is 0 Å². The number of rotatable bonds is 6. The summed E-state index contributed by atoms with van der Waals surface area (Å²) in [7, 11) is 1.25. The topological polar surface area (TPSA) is 54.0 Å². The van der Waals surface area contributed by atoms with Crippen LogP contribution in [0, 0.1) is 0 Å². The number of esters is 1.